The number of benzene rings is 4. The second-order valence-corrected chi connectivity index (χ2v) is 5.28. The molecule has 100 valence electrons. The summed E-state index contributed by atoms with van der Waals surface area (Å²) in [4.78, 5) is 0. The zero-order valence-electron chi connectivity index (χ0n) is 12.5. The molecule has 2 N–H and O–H groups in total. The molecule has 1 nitrogen and oxygen atoms in total. The van der Waals surface area contributed by atoms with E-state index < -0.39 is 0 Å². The third kappa shape index (κ3) is 2.13. The lowest BCUT2D eigenvalue weighted by molar-refractivity contribution is 1.67. The monoisotopic (exact) mass is 270 g/mol. The first kappa shape index (κ1) is 10.9. The summed E-state index contributed by atoms with van der Waals surface area (Å²) >= 11 is 0. The molecule has 0 radical (unpaired) electrons. The molecule has 0 heterocycles. The van der Waals surface area contributed by atoms with E-state index in [2.05, 4.69) is 54.6 Å². The van der Waals surface area contributed by atoms with Crippen molar-refractivity contribution in [3.8, 4) is 11.1 Å². The number of hydrogen-bond donors (Lipinski definition) is 1. The Bertz CT molecular complexity index is 1000. The second kappa shape index (κ2) is 4.64. The number of rotatable bonds is 1. The third-order valence-electron chi connectivity index (χ3n) is 3.86. The minimum absolute atomic E-state index is 0.405. The first-order valence-corrected chi connectivity index (χ1v) is 7.00. The minimum atomic E-state index is 0.405. The van der Waals surface area contributed by atoms with Gasteiger partial charge in [0.1, 0.15) is 0 Å². The highest BCUT2D eigenvalue weighted by atomic mass is 14.5. The fraction of sp³-hybridized carbons (Fsp3) is 0. The Balaban J connectivity index is 1.90. The maximum atomic E-state index is 8.05. The van der Waals surface area contributed by atoms with Crippen LogP contribution in [0.4, 0.5) is 5.69 Å². The van der Waals surface area contributed by atoms with Gasteiger partial charge < -0.3 is 5.73 Å². The Morgan fingerprint density at radius 3 is 1.95 bits per heavy atom. The van der Waals surface area contributed by atoms with Gasteiger partial charge in [-0.05, 0) is 56.9 Å². The Morgan fingerprint density at radius 1 is 0.619 bits per heavy atom. The molecule has 0 aliphatic heterocycles. The maximum absolute atomic E-state index is 8.05. The van der Waals surface area contributed by atoms with Crippen molar-refractivity contribution in [3.05, 3.63) is 78.8 Å². The largest absolute Gasteiger partial charge is 0.399 e. The van der Waals surface area contributed by atoms with Crippen LogP contribution in [0.5, 0.6) is 0 Å². The summed E-state index contributed by atoms with van der Waals surface area (Å²) in [6, 6.07) is 25.2. The standard InChI is InChI=1S/C20H15N/c21-20-10-9-18-12-17(7-8-19(18)13-20)16-6-5-14-3-1-2-4-15(14)11-16/h1-13H,21H2/i13D. The number of fused-ring (bicyclic) bond motifs is 2. The van der Waals surface area contributed by atoms with Gasteiger partial charge in [0.25, 0.3) is 0 Å². The molecule has 1 heteroatoms. The Kier molecular flexibility index (Phi) is 2.41. The van der Waals surface area contributed by atoms with Gasteiger partial charge in [-0.1, -0.05) is 54.6 Å². The van der Waals surface area contributed by atoms with Crippen molar-refractivity contribution in [1.82, 2.24) is 0 Å². The molecule has 0 aliphatic carbocycles. The smallest absolute Gasteiger partial charge is 0.0651 e. The summed E-state index contributed by atoms with van der Waals surface area (Å²) in [6.45, 7) is 0. The molecule has 0 aliphatic rings. The van der Waals surface area contributed by atoms with Crippen LogP contribution in [-0.2, 0) is 0 Å². The fourth-order valence-electron chi connectivity index (χ4n) is 2.74. The first-order chi connectivity index (χ1) is 10.7. The van der Waals surface area contributed by atoms with Gasteiger partial charge in [0.05, 0.1) is 1.37 Å². The van der Waals surface area contributed by atoms with Crippen molar-refractivity contribution in [2.24, 2.45) is 0 Å². The molecule has 0 aromatic heterocycles. The van der Waals surface area contributed by atoms with Gasteiger partial charge in [0.15, 0.2) is 0 Å². The minimum Gasteiger partial charge on any atom is -0.399 e. The normalized spacial score (nSPS) is 11.7. The summed E-state index contributed by atoms with van der Waals surface area (Å²) in [5.74, 6) is 0. The number of nitrogen functional groups attached to an aromatic ring is 1. The predicted molar refractivity (Wildman–Crippen MR) is 91.3 cm³/mol. The topological polar surface area (TPSA) is 26.0 Å². The van der Waals surface area contributed by atoms with E-state index in [0.29, 0.717) is 11.7 Å². The van der Waals surface area contributed by atoms with E-state index in [1.165, 1.54) is 16.3 Å². The van der Waals surface area contributed by atoms with Crippen molar-refractivity contribution in [2.45, 2.75) is 0 Å². The second-order valence-electron chi connectivity index (χ2n) is 5.28. The van der Waals surface area contributed by atoms with Crippen LogP contribution in [0.1, 0.15) is 1.37 Å². The van der Waals surface area contributed by atoms with Crippen LogP contribution in [0, 0.1) is 0 Å². The van der Waals surface area contributed by atoms with E-state index in [0.717, 1.165) is 16.3 Å². The highest BCUT2D eigenvalue weighted by Crippen LogP contribution is 2.28. The predicted octanol–water partition coefficient (Wildman–Crippen LogP) is 5.24. The molecule has 21 heavy (non-hydrogen) atoms. The van der Waals surface area contributed by atoms with Gasteiger partial charge >= 0.3 is 0 Å². The van der Waals surface area contributed by atoms with Crippen LogP contribution in [0.2, 0.25) is 0 Å². The molecular weight excluding hydrogens is 254 g/mol. The molecule has 0 bridgehead atoms. The van der Waals surface area contributed by atoms with E-state index in [9.17, 15) is 0 Å². The molecule has 4 rings (SSSR count). The lowest BCUT2D eigenvalue weighted by Gasteiger charge is -2.06. The molecule has 0 unspecified atom stereocenters. The van der Waals surface area contributed by atoms with E-state index >= 15 is 0 Å². The number of nitrogens with two attached hydrogens (primary N) is 1. The zero-order valence-corrected chi connectivity index (χ0v) is 11.5. The van der Waals surface area contributed by atoms with Gasteiger partial charge in [-0.3, -0.25) is 0 Å². The molecule has 4 aromatic rings. The molecule has 0 saturated heterocycles. The molecule has 0 fully saturated rings. The maximum Gasteiger partial charge on any atom is 0.0651 e. The van der Waals surface area contributed by atoms with Crippen LogP contribution < -0.4 is 5.73 Å². The van der Waals surface area contributed by atoms with Crippen molar-refractivity contribution in [3.63, 3.8) is 0 Å². The van der Waals surface area contributed by atoms with Crippen molar-refractivity contribution < 1.29 is 1.37 Å². The first-order valence-electron chi connectivity index (χ1n) is 7.50. The molecular formula is C20H15N. The average Bonchev–Trinajstić information content (AvgIpc) is 2.57. The van der Waals surface area contributed by atoms with Gasteiger partial charge in [-0.2, -0.15) is 0 Å². The average molecular weight is 270 g/mol. The molecule has 0 amide bonds. The van der Waals surface area contributed by atoms with E-state index in [-0.39, 0.29) is 0 Å². The van der Waals surface area contributed by atoms with E-state index in [1.807, 2.05) is 12.1 Å². The summed E-state index contributed by atoms with van der Waals surface area (Å²) in [5.41, 5.74) is 8.67. The molecule has 0 atom stereocenters. The summed E-state index contributed by atoms with van der Waals surface area (Å²) in [7, 11) is 0. The SMILES string of the molecule is [2H]c1c(N)ccc2cc(-c3ccc4ccccc4c3)ccc12. The number of hydrogen-bond acceptors (Lipinski definition) is 1. The lowest BCUT2D eigenvalue weighted by atomic mass is 9.98. The lowest BCUT2D eigenvalue weighted by Crippen LogP contribution is -1.84. The van der Waals surface area contributed by atoms with Crippen molar-refractivity contribution in [2.75, 3.05) is 5.73 Å². The summed E-state index contributed by atoms with van der Waals surface area (Å²) < 4.78 is 8.05. The fourth-order valence-corrected chi connectivity index (χ4v) is 2.74. The molecule has 4 aromatic carbocycles. The molecule has 0 saturated carbocycles. The Labute approximate surface area is 125 Å². The number of anilines is 1. The zero-order chi connectivity index (χ0) is 15.1. The van der Waals surface area contributed by atoms with Crippen LogP contribution in [0.15, 0.2) is 78.8 Å². The Morgan fingerprint density at radius 2 is 1.19 bits per heavy atom. The highest BCUT2D eigenvalue weighted by molar-refractivity contribution is 5.92. The van der Waals surface area contributed by atoms with Gasteiger partial charge in [-0.25, -0.2) is 0 Å². The van der Waals surface area contributed by atoms with Crippen LogP contribution in [0.3, 0.4) is 0 Å². The van der Waals surface area contributed by atoms with Crippen LogP contribution >= 0.6 is 0 Å². The summed E-state index contributed by atoms with van der Waals surface area (Å²) in [5, 5.41) is 4.42. The quantitative estimate of drug-likeness (QED) is 0.470. The van der Waals surface area contributed by atoms with Crippen molar-refractivity contribution >= 4 is 27.2 Å². The van der Waals surface area contributed by atoms with E-state index in [4.69, 9.17) is 7.10 Å². The van der Waals surface area contributed by atoms with E-state index in [1.54, 1.807) is 6.07 Å². The van der Waals surface area contributed by atoms with Gasteiger partial charge in [0.2, 0.25) is 0 Å². The molecule has 0 spiro atoms. The third-order valence-corrected chi connectivity index (χ3v) is 3.86. The van der Waals surface area contributed by atoms with Crippen molar-refractivity contribution in [1.29, 1.82) is 0 Å². The van der Waals surface area contributed by atoms with Gasteiger partial charge in [-0.15, -0.1) is 0 Å². The van der Waals surface area contributed by atoms with Crippen LogP contribution in [0.25, 0.3) is 32.7 Å². The van der Waals surface area contributed by atoms with Crippen LogP contribution in [-0.4, -0.2) is 0 Å². The Hall–Kier alpha value is -2.80. The van der Waals surface area contributed by atoms with Gasteiger partial charge in [0, 0.05) is 5.69 Å². The highest BCUT2D eigenvalue weighted by Gasteiger charge is 2.02. The summed E-state index contributed by atoms with van der Waals surface area (Å²) in [6.07, 6.45) is 0.